The molecule has 0 aliphatic carbocycles. The van der Waals surface area contributed by atoms with Crippen LogP contribution in [0.15, 0.2) is 48.5 Å². The van der Waals surface area contributed by atoms with Crippen LogP contribution in [0.4, 0.5) is 8.78 Å². The predicted molar refractivity (Wildman–Crippen MR) is 78.7 cm³/mol. The van der Waals surface area contributed by atoms with Crippen LogP contribution in [0.5, 0.6) is 11.5 Å². The summed E-state index contributed by atoms with van der Waals surface area (Å²) in [4.78, 5) is 11.6. The average molecular weight is 306 g/mol. The van der Waals surface area contributed by atoms with Crippen LogP contribution in [-0.4, -0.2) is 19.3 Å². The van der Waals surface area contributed by atoms with Gasteiger partial charge in [0.05, 0.1) is 13.5 Å². The Morgan fingerprint density at radius 1 is 1.09 bits per heavy atom. The van der Waals surface area contributed by atoms with Gasteiger partial charge in [0.1, 0.15) is 6.61 Å². The molecule has 0 radical (unpaired) electrons. The summed E-state index contributed by atoms with van der Waals surface area (Å²) in [7, 11) is 1.44. The number of benzene rings is 2. The number of hydrogen-bond acceptors (Lipinski definition) is 3. The first-order valence-electron chi connectivity index (χ1n) is 6.76. The zero-order chi connectivity index (χ0) is 15.9. The Balaban J connectivity index is 2.10. The van der Waals surface area contributed by atoms with E-state index < -0.39 is 18.6 Å². The fourth-order valence-electron chi connectivity index (χ4n) is 1.95. The number of rotatable bonds is 7. The summed E-state index contributed by atoms with van der Waals surface area (Å²) in [6.07, 6.45) is -3.46. The number of halogens is 2. The fourth-order valence-corrected chi connectivity index (χ4v) is 1.95. The number of alkyl halides is 2. The first-order valence-corrected chi connectivity index (χ1v) is 6.76. The van der Waals surface area contributed by atoms with Crippen molar-refractivity contribution in [2.75, 3.05) is 7.11 Å². The molecule has 5 heteroatoms. The van der Waals surface area contributed by atoms with E-state index in [0.29, 0.717) is 18.1 Å². The summed E-state index contributed by atoms with van der Waals surface area (Å²) in [5, 5.41) is 0. The molecule has 22 heavy (non-hydrogen) atoms. The molecule has 0 unspecified atom stereocenters. The molecule has 2 rings (SSSR count). The third kappa shape index (κ3) is 4.28. The van der Waals surface area contributed by atoms with Crippen molar-refractivity contribution in [1.82, 2.24) is 0 Å². The summed E-state index contributed by atoms with van der Waals surface area (Å²) in [5.41, 5.74) is 1.17. The number of carbonyl (C=O) groups excluding carboxylic acids is 1. The molecular formula is C17H16F2O3. The maximum atomic E-state index is 12.3. The second-order valence-electron chi connectivity index (χ2n) is 4.66. The second-order valence-corrected chi connectivity index (χ2v) is 4.66. The average Bonchev–Trinajstić information content (AvgIpc) is 2.53. The number of ether oxygens (including phenoxy) is 2. The largest absolute Gasteiger partial charge is 0.493 e. The van der Waals surface area contributed by atoms with Gasteiger partial charge in [-0.05, 0) is 23.8 Å². The van der Waals surface area contributed by atoms with E-state index in [2.05, 4.69) is 0 Å². The minimum atomic E-state index is -2.66. The fraction of sp³-hybridized carbons (Fsp3) is 0.235. The van der Waals surface area contributed by atoms with Crippen molar-refractivity contribution < 1.29 is 23.0 Å². The summed E-state index contributed by atoms with van der Waals surface area (Å²) in [6.45, 7) is 0.349. The molecule has 3 nitrogen and oxygen atoms in total. The lowest BCUT2D eigenvalue weighted by molar-refractivity contribution is 0.0829. The van der Waals surface area contributed by atoms with Gasteiger partial charge < -0.3 is 9.47 Å². The summed E-state index contributed by atoms with van der Waals surface area (Å²) in [6, 6.07) is 14.0. The van der Waals surface area contributed by atoms with Gasteiger partial charge in [0, 0.05) is 5.56 Å². The van der Waals surface area contributed by atoms with Crippen molar-refractivity contribution in [2.24, 2.45) is 0 Å². The Labute approximate surface area is 127 Å². The van der Waals surface area contributed by atoms with Gasteiger partial charge in [-0.3, -0.25) is 4.79 Å². The van der Waals surface area contributed by atoms with Gasteiger partial charge in [-0.2, -0.15) is 0 Å². The maximum absolute atomic E-state index is 12.3. The van der Waals surface area contributed by atoms with E-state index in [9.17, 15) is 13.6 Å². The van der Waals surface area contributed by atoms with E-state index in [4.69, 9.17) is 9.47 Å². The molecule has 0 atom stereocenters. The first kappa shape index (κ1) is 15.9. The summed E-state index contributed by atoms with van der Waals surface area (Å²) in [5.74, 6) is 0.180. The van der Waals surface area contributed by atoms with Gasteiger partial charge >= 0.3 is 0 Å². The van der Waals surface area contributed by atoms with E-state index >= 15 is 0 Å². The molecule has 0 heterocycles. The van der Waals surface area contributed by atoms with Gasteiger partial charge in [0.25, 0.3) is 0 Å². The summed E-state index contributed by atoms with van der Waals surface area (Å²) < 4.78 is 35.3. The molecule has 0 aliphatic heterocycles. The van der Waals surface area contributed by atoms with Crippen molar-refractivity contribution in [2.45, 2.75) is 19.5 Å². The van der Waals surface area contributed by atoms with E-state index in [-0.39, 0.29) is 5.56 Å². The van der Waals surface area contributed by atoms with Crippen LogP contribution < -0.4 is 9.47 Å². The molecule has 2 aromatic rings. The van der Waals surface area contributed by atoms with E-state index in [1.165, 1.54) is 19.2 Å². The maximum Gasteiger partial charge on any atom is 0.245 e. The highest BCUT2D eigenvalue weighted by atomic mass is 19.3. The van der Waals surface area contributed by atoms with Crippen molar-refractivity contribution >= 4 is 5.78 Å². The Kier molecular flexibility index (Phi) is 5.47. The SMILES string of the molecule is COc1cc(C(=O)CC(F)F)ccc1OCc1ccccc1. The normalized spacial score (nSPS) is 10.5. The topological polar surface area (TPSA) is 35.5 Å². The number of Topliss-reactive ketones (excluding diaryl/α,β-unsaturated/α-hetero) is 1. The van der Waals surface area contributed by atoms with Crippen molar-refractivity contribution in [1.29, 1.82) is 0 Å². The molecule has 0 saturated heterocycles. The van der Waals surface area contributed by atoms with Crippen LogP contribution >= 0.6 is 0 Å². The smallest absolute Gasteiger partial charge is 0.245 e. The van der Waals surface area contributed by atoms with Crippen LogP contribution in [-0.2, 0) is 6.61 Å². The third-order valence-electron chi connectivity index (χ3n) is 3.06. The van der Waals surface area contributed by atoms with E-state index in [0.717, 1.165) is 5.56 Å². The third-order valence-corrected chi connectivity index (χ3v) is 3.06. The van der Waals surface area contributed by atoms with Gasteiger partial charge in [-0.15, -0.1) is 0 Å². The Morgan fingerprint density at radius 2 is 1.82 bits per heavy atom. The molecule has 0 amide bonds. The number of hydrogen-bond donors (Lipinski definition) is 0. The number of ketones is 1. The predicted octanol–water partition coefficient (Wildman–Crippen LogP) is 4.11. The minimum Gasteiger partial charge on any atom is -0.493 e. The second kappa shape index (κ2) is 7.54. The van der Waals surface area contributed by atoms with Crippen LogP contribution in [0, 0.1) is 0 Å². The van der Waals surface area contributed by atoms with Crippen LogP contribution in [0.3, 0.4) is 0 Å². The molecule has 0 bridgehead atoms. The lowest BCUT2D eigenvalue weighted by Gasteiger charge is -2.12. The van der Waals surface area contributed by atoms with Crippen molar-refractivity contribution in [3.05, 3.63) is 59.7 Å². The lowest BCUT2D eigenvalue weighted by Crippen LogP contribution is -2.06. The monoisotopic (exact) mass is 306 g/mol. The lowest BCUT2D eigenvalue weighted by atomic mass is 10.1. The molecule has 0 N–H and O–H groups in total. The van der Waals surface area contributed by atoms with E-state index in [1.54, 1.807) is 6.07 Å². The quantitative estimate of drug-likeness (QED) is 0.722. The van der Waals surface area contributed by atoms with Crippen molar-refractivity contribution in [3.8, 4) is 11.5 Å². The Hall–Kier alpha value is -2.43. The van der Waals surface area contributed by atoms with Crippen LogP contribution in [0.2, 0.25) is 0 Å². The van der Waals surface area contributed by atoms with Crippen LogP contribution in [0.25, 0.3) is 0 Å². The molecule has 0 spiro atoms. The van der Waals surface area contributed by atoms with Gasteiger partial charge in [-0.1, -0.05) is 30.3 Å². The molecule has 0 saturated carbocycles. The zero-order valence-corrected chi connectivity index (χ0v) is 12.1. The van der Waals surface area contributed by atoms with E-state index in [1.807, 2.05) is 30.3 Å². The molecule has 116 valence electrons. The van der Waals surface area contributed by atoms with Crippen molar-refractivity contribution in [3.63, 3.8) is 0 Å². The first-order chi connectivity index (χ1) is 10.6. The number of methoxy groups -OCH3 is 1. The van der Waals surface area contributed by atoms with Crippen LogP contribution in [0.1, 0.15) is 22.3 Å². The molecule has 2 aromatic carbocycles. The highest BCUT2D eigenvalue weighted by Crippen LogP contribution is 2.29. The molecular weight excluding hydrogens is 290 g/mol. The minimum absolute atomic E-state index is 0.184. The van der Waals surface area contributed by atoms with Gasteiger partial charge in [0.15, 0.2) is 17.3 Å². The Morgan fingerprint density at radius 3 is 2.45 bits per heavy atom. The zero-order valence-electron chi connectivity index (χ0n) is 12.1. The number of carbonyl (C=O) groups is 1. The molecule has 0 fully saturated rings. The summed E-state index contributed by atoms with van der Waals surface area (Å²) >= 11 is 0. The Bertz CT molecular complexity index is 627. The molecule has 0 aliphatic rings. The van der Waals surface area contributed by atoms with Gasteiger partial charge in [0.2, 0.25) is 6.43 Å². The van der Waals surface area contributed by atoms with Gasteiger partial charge in [-0.25, -0.2) is 8.78 Å². The molecule has 0 aromatic heterocycles. The highest BCUT2D eigenvalue weighted by Gasteiger charge is 2.15. The highest BCUT2D eigenvalue weighted by molar-refractivity contribution is 5.96. The standard InChI is InChI=1S/C17H16F2O3/c1-21-16-9-13(14(20)10-17(18)19)7-8-15(16)22-11-12-5-3-2-4-6-12/h2-9,17H,10-11H2,1H3.